The van der Waals surface area contributed by atoms with Gasteiger partial charge in [0.25, 0.3) is 0 Å². The zero-order chi connectivity index (χ0) is 24.6. The molecule has 9 heteroatoms. The minimum Gasteiger partial charge on any atom is -0.382 e. The molecule has 0 amide bonds. The van der Waals surface area contributed by atoms with Crippen LogP contribution in [0.15, 0.2) is 43.2 Å². The molecule has 0 saturated carbocycles. The van der Waals surface area contributed by atoms with Gasteiger partial charge >= 0.3 is 0 Å². The summed E-state index contributed by atoms with van der Waals surface area (Å²) in [5.74, 6) is -0.797. The van der Waals surface area contributed by atoms with Gasteiger partial charge in [0.1, 0.15) is 22.6 Å². The molecule has 0 fully saturated rings. The van der Waals surface area contributed by atoms with Crippen molar-refractivity contribution in [3.05, 3.63) is 82.5 Å². The van der Waals surface area contributed by atoms with Gasteiger partial charge in [-0.05, 0) is 38.5 Å². The van der Waals surface area contributed by atoms with Gasteiger partial charge in [0.05, 0.1) is 21.9 Å². The fourth-order valence-electron chi connectivity index (χ4n) is 3.43. The molecule has 6 nitrogen and oxygen atoms in total. The number of rotatable bonds is 6. The summed E-state index contributed by atoms with van der Waals surface area (Å²) in [6, 6.07) is 5.94. The van der Waals surface area contributed by atoms with Gasteiger partial charge in [0, 0.05) is 36.1 Å². The Morgan fingerprint density at radius 1 is 1.12 bits per heavy atom. The van der Waals surface area contributed by atoms with E-state index in [4.69, 9.17) is 11.6 Å². The molecule has 34 heavy (non-hydrogen) atoms. The maximum absolute atomic E-state index is 15.0. The Morgan fingerprint density at radius 3 is 2.47 bits per heavy atom. The minimum absolute atomic E-state index is 0.000555. The van der Waals surface area contributed by atoms with Crippen LogP contribution in [-0.2, 0) is 12.1 Å². The average Bonchev–Trinajstić information content (AvgIpc) is 2.80. The standard InChI is InChI=1S/C25H22ClF2N5O/c1-5-14-6-7-17(27)15(8-14)10-29-23-20(26)13(2)32-19-9-18(28)21(33-22(19)23)16-11-30-24(31-12-16)25(3,4)34/h5-9,11-12,34H,1,10H2,2-4H3,(H,29,32). The van der Waals surface area contributed by atoms with E-state index in [0.717, 1.165) is 5.56 Å². The van der Waals surface area contributed by atoms with Crippen molar-refractivity contribution in [1.82, 2.24) is 19.9 Å². The zero-order valence-electron chi connectivity index (χ0n) is 18.8. The number of hydrogen-bond donors (Lipinski definition) is 2. The molecule has 0 bridgehead atoms. The van der Waals surface area contributed by atoms with Crippen LogP contribution in [0.1, 0.15) is 36.5 Å². The lowest BCUT2D eigenvalue weighted by Crippen LogP contribution is -2.19. The normalized spacial score (nSPS) is 11.6. The number of anilines is 1. The second kappa shape index (κ2) is 9.04. The molecule has 0 aliphatic rings. The SMILES string of the molecule is C=Cc1ccc(F)c(CNc2c(Cl)c(C)nc3cc(F)c(-c4cnc(C(C)(C)O)nc4)nc23)c1. The molecular weight excluding hydrogens is 460 g/mol. The molecule has 4 aromatic rings. The van der Waals surface area contributed by atoms with E-state index >= 15 is 0 Å². The predicted octanol–water partition coefficient (Wildman–Crippen LogP) is 5.81. The molecule has 0 saturated heterocycles. The number of benzene rings is 1. The lowest BCUT2D eigenvalue weighted by atomic mass is 10.1. The van der Waals surface area contributed by atoms with Crippen molar-refractivity contribution in [2.75, 3.05) is 5.32 Å². The highest BCUT2D eigenvalue weighted by Crippen LogP contribution is 2.34. The highest BCUT2D eigenvalue weighted by atomic mass is 35.5. The second-order valence-corrected chi connectivity index (χ2v) is 8.71. The summed E-state index contributed by atoms with van der Waals surface area (Å²) < 4.78 is 29.3. The van der Waals surface area contributed by atoms with Gasteiger partial charge in [-0.25, -0.2) is 28.7 Å². The summed E-state index contributed by atoms with van der Waals surface area (Å²) >= 11 is 6.52. The van der Waals surface area contributed by atoms with E-state index in [1.807, 2.05) is 0 Å². The van der Waals surface area contributed by atoms with Crippen LogP contribution in [0.25, 0.3) is 28.4 Å². The summed E-state index contributed by atoms with van der Waals surface area (Å²) in [4.78, 5) is 17.1. The first-order chi connectivity index (χ1) is 16.1. The molecule has 3 heterocycles. The topological polar surface area (TPSA) is 83.8 Å². The average molecular weight is 482 g/mol. The Hall–Kier alpha value is -3.49. The molecular formula is C25H22ClF2N5O. The predicted molar refractivity (Wildman–Crippen MR) is 129 cm³/mol. The van der Waals surface area contributed by atoms with Crippen LogP contribution in [0.3, 0.4) is 0 Å². The summed E-state index contributed by atoms with van der Waals surface area (Å²) in [6.45, 7) is 8.63. The molecule has 0 unspecified atom stereocenters. The lowest BCUT2D eigenvalue weighted by molar-refractivity contribution is 0.0687. The number of fused-ring (bicyclic) bond motifs is 1. The third kappa shape index (κ3) is 4.60. The quantitative estimate of drug-likeness (QED) is 0.361. The number of hydrogen-bond acceptors (Lipinski definition) is 6. The Bertz CT molecular complexity index is 1400. The number of halogens is 3. The fourth-order valence-corrected chi connectivity index (χ4v) is 3.63. The number of aromatic nitrogens is 4. The van der Waals surface area contributed by atoms with E-state index in [2.05, 4.69) is 31.8 Å². The van der Waals surface area contributed by atoms with E-state index < -0.39 is 11.4 Å². The van der Waals surface area contributed by atoms with Gasteiger partial charge < -0.3 is 10.4 Å². The molecule has 3 aromatic heterocycles. The van der Waals surface area contributed by atoms with Crippen LogP contribution >= 0.6 is 11.6 Å². The van der Waals surface area contributed by atoms with E-state index in [-0.39, 0.29) is 23.9 Å². The number of aryl methyl sites for hydroxylation is 1. The zero-order valence-corrected chi connectivity index (χ0v) is 19.6. The molecule has 0 spiro atoms. The van der Waals surface area contributed by atoms with Crippen molar-refractivity contribution in [1.29, 1.82) is 0 Å². The molecule has 0 radical (unpaired) electrons. The molecule has 174 valence electrons. The Kier molecular flexibility index (Phi) is 6.29. The van der Waals surface area contributed by atoms with Crippen LogP contribution in [0.2, 0.25) is 5.02 Å². The number of nitrogens with zero attached hydrogens (tertiary/aromatic N) is 4. The summed E-state index contributed by atoms with van der Waals surface area (Å²) in [5, 5.41) is 13.5. The van der Waals surface area contributed by atoms with Crippen LogP contribution in [-0.4, -0.2) is 25.0 Å². The van der Waals surface area contributed by atoms with E-state index in [0.29, 0.717) is 38.6 Å². The van der Waals surface area contributed by atoms with Crippen molar-refractivity contribution in [2.24, 2.45) is 0 Å². The van der Waals surface area contributed by atoms with Crippen LogP contribution in [0.4, 0.5) is 14.5 Å². The Labute approximate surface area is 200 Å². The van der Waals surface area contributed by atoms with E-state index in [9.17, 15) is 13.9 Å². The van der Waals surface area contributed by atoms with Gasteiger partial charge in [0.15, 0.2) is 11.6 Å². The minimum atomic E-state index is -1.24. The van der Waals surface area contributed by atoms with E-state index in [1.165, 1.54) is 24.5 Å². The van der Waals surface area contributed by atoms with Crippen molar-refractivity contribution in [3.8, 4) is 11.3 Å². The van der Waals surface area contributed by atoms with Crippen molar-refractivity contribution >= 4 is 34.4 Å². The molecule has 2 N–H and O–H groups in total. The molecule has 0 aliphatic carbocycles. The van der Waals surface area contributed by atoms with Gasteiger partial charge in [-0.2, -0.15) is 0 Å². The Balaban J connectivity index is 1.79. The highest BCUT2D eigenvalue weighted by molar-refractivity contribution is 6.35. The lowest BCUT2D eigenvalue weighted by Gasteiger charge is -2.16. The number of pyridine rings is 2. The highest BCUT2D eigenvalue weighted by Gasteiger charge is 2.21. The maximum Gasteiger partial charge on any atom is 0.159 e. The number of nitrogens with one attached hydrogen (secondary N) is 1. The monoisotopic (exact) mass is 481 g/mol. The van der Waals surface area contributed by atoms with Crippen LogP contribution in [0, 0.1) is 18.6 Å². The first kappa shape index (κ1) is 23.7. The summed E-state index contributed by atoms with van der Waals surface area (Å²) in [7, 11) is 0. The summed E-state index contributed by atoms with van der Waals surface area (Å²) in [5.41, 5.74) is 1.76. The van der Waals surface area contributed by atoms with Gasteiger partial charge in [-0.3, -0.25) is 0 Å². The van der Waals surface area contributed by atoms with Crippen LogP contribution < -0.4 is 5.32 Å². The van der Waals surface area contributed by atoms with E-state index in [1.54, 1.807) is 39.0 Å². The van der Waals surface area contributed by atoms with Crippen molar-refractivity contribution in [3.63, 3.8) is 0 Å². The third-order valence-electron chi connectivity index (χ3n) is 5.25. The van der Waals surface area contributed by atoms with Crippen LogP contribution in [0.5, 0.6) is 0 Å². The largest absolute Gasteiger partial charge is 0.382 e. The van der Waals surface area contributed by atoms with Gasteiger partial charge in [-0.1, -0.05) is 30.3 Å². The smallest absolute Gasteiger partial charge is 0.159 e. The third-order valence-corrected chi connectivity index (χ3v) is 5.71. The fraction of sp³-hybridized carbons (Fsp3) is 0.200. The molecule has 4 rings (SSSR count). The maximum atomic E-state index is 15.0. The molecule has 1 aromatic carbocycles. The van der Waals surface area contributed by atoms with Crippen molar-refractivity contribution in [2.45, 2.75) is 32.9 Å². The number of aliphatic hydroxyl groups is 1. The van der Waals surface area contributed by atoms with Crippen molar-refractivity contribution < 1.29 is 13.9 Å². The Morgan fingerprint density at radius 2 is 1.82 bits per heavy atom. The first-order valence-corrected chi connectivity index (χ1v) is 10.8. The summed E-state index contributed by atoms with van der Waals surface area (Å²) in [6.07, 6.45) is 4.41. The molecule has 0 atom stereocenters. The van der Waals surface area contributed by atoms with Gasteiger partial charge in [-0.15, -0.1) is 0 Å². The second-order valence-electron chi connectivity index (χ2n) is 8.34. The van der Waals surface area contributed by atoms with Gasteiger partial charge in [0.2, 0.25) is 0 Å². The molecule has 0 aliphatic heterocycles. The first-order valence-electron chi connectivity index (χ1n) is 10.4.